The average molecular weight is 231 g/mol. The number of fused-ring (bicyclic) bond motifs is 1. The number of carboxylic acids is 1. The average Bonchev–Trinajstić information content (AvgIpc) is 2.75. The monoisotopic (exact) mass is 231 g/mol. The number of likely N-dealkylation sites (tertiary alicyclic amines) is 1. The molecule has 90 valence electrons. The molecule has 1 heterocycles. The van der Waals surface area contributed by atoms with Gasteiger partial charge < -0.3 is 10.0 Å². The Morgan fingerprint density at radius 1 is 1.41 bits per heavy atom. The van der Waals surface area contributed by atoms with Gasteiger partial charge in [-0.25, -0.2) is 0 Å². The Kier molecular flexibility index (Phi) is 2.63. The Morgan fingerprint density at radius 3 is 2.94 bits per heavy atom. The second kappa shape index (κ2) is 4.15. The minimum atomic E-state index is -0.637. The number of hydrogen-bond donors (Lipinski definition) is 1. The lowest BCUT2D eigenvalue weighted by Crippen LogP contribution is -2.32. The summed E-state index contributed by atoms with van der Waals surface area (Å²) in [5.74, 6) is -0.162. The van der Waals surface area contributed by atoms with E-state index in [4.69, 9.17) is 5.11 Å². The molecular weight excluding hydrogens is 214 g/mol. The Bertz CT molecular complexity index is 444. The Hall–Kier alpha value is -1.35. The molecule has 0 saturated carbocycles. The summed E-state index contributed by atoms with van der Waals surface area (Å²) >= 11 is 0. The zero-order chi connectivity index (χ0) is 11.8. The molecular formula is C14H17NO2. The third-order valence-corrected chi connectivity index (χ3v) is 4.06. The van der Waals surface area contributed by atoms with Crippen LogP contribution in [0.1, 0.15) is 23.5 Å². The van der Waals surface area contributed by atoms with E-state index in [1.165, 1.54) is 11.1 Å². The van der Waals surface area contributed by atoms with Crippen LogP contribution in [0.15, 0.2) is 24.3 Å². The normalized spacial score (nSPS) is 27.5. The van der Waals surface area contributed by atoms with E-state index in [2.05, 4.69) is 29.2 Å². The van der Waals surface area contributed by atoms with Crippen LogP contribution in [-0.2, 0) is 11.2 Å². The zero-order valence-electron chi connectivity index (χ0n) is 9.80. The fourth-order valence-corrected chi connectivity index (χ4v) is 3.04. The van der Waals surface area contributed by atoms with Crippen LogP contribution in [0.3, 0.4) is 0 Å². The Morgan fingerprint density at radius 2 is 2.24 bits per heavy atom. The molecule has 2 atom stereocenters. The van der Waals surface area contributed by atoms with Crippen molar-refractivity contribution >= 4 is 5.97 Å². The summed E-state index contributed by atoms with van der Waals surface area (Å²) < 4.78 is 0. The summed E-state index contributed by atoms with van der Waals surface area (Å²) in [6, 6.07) is 8.57. The minimum Gasteiger partial charge on any atom is -0.481 e. The van der Waals surface area contributed by atoms with Crippen LogP contribution < -0.4 is 0 Å². The molecule has 1 aliphatic carbocycles. The molecule has 1 aromatic carbocycles. The van der Waals surface area contributed by atoms with Gasteiger partial charge in [0.25, 0.3) is 0 Å². The maximum Gasteiger partial charge on any atom is 0.307 e. The van der Waals surface area contributed by atoms with Crippen LogP contribution in [0.5, 0.6) is 0 Å². The molecule has 1 aliphatic heterocycles. The molecule has 1 aromatic rings. The van der Waals surface area contributed by atoms with Gasteiger partial charge in [0.2, 0.25) is 0 Å². The van der Waals surface area contributed by atoms with E-state index in [1.54, 1.807) is 0 Å². The SMILES string of the molecule is O=C(O)C1CCN(CC2Cc3ccccc32)C1. The van der Waals surface area contributed by atoms with Gasteiger partial charge in [0.05, 0.1) is 5.92 Å². The first-order valence-corrected chi connectivity index (χ1v) is 6.27. The molecule has 0 amide bonds. The molecule has 2 aliphatic rings. The van der Waals surface area contributed by atoms with Crippen LogP contribution in [0.2, 0.25) is 0 Å². The minimum absolute atomic E-state index is 0.148. The first-order chi connectivity index (χ1) is 8.24. The summed E-state index contributed by atoms with van der Waals surface area (Å²) in [5.41, 5.74) is 2.93. The van der Waals surface area contributed by atoms with Crippen molar-refractivity contribution in [2.75, 3.05) is 19.6 Å². The molecule has 17 heavy (non-hydrogen) atoms. The highest BCUT2D eigenvalue weighted by atomic mass is 16.4. The first-order valence-electron chi connectivity index (χ1n) is 6.27. The second-order valence-corrected chi connectivity index (χ2v) is 5.18. The Labute approximate surface area is 101 Å². The van der Waals surface area contributed by atoms with Crippen molar-refractivity contribution < 1.29 is 9.90 Å². The number of benzene rings is 1. The van der Waals surface area contributed by atoms with Gasteiger partial charge in [-0.3, -0.25) is 4.79 Å². The summed E-state index contributed by atoms with van der Waals surface area (Å²) in [6.45, 7) is 2.70. The van der Waals surface area contributed by atoms with Gasteiger partial charge in [0.15, 0.2) is 0 Å². The second-order valence-electron chi connectivity index (χ2n) is 5.18. The van der Waals surface area contributed by atoms with E-state index < -0.39 is 5.97 Å². The fourth-order valence-electron chi connectivity index (χ4n) is 3.04. The molecule has 1 N–H and O–H groups in total. The van der Waals surface area contributed by atoms with Gasteiger partial charge in [-0.05, 0) is 30.5 Å². The summed E-state index contributed by atoms with van der Waals surface area (Å²) in [6.07, 6.45) is 1.97. The molecule has 3 rings (SSSR count). The molecule has 0 spiro atoms. The highest BCUT2D eigenvalue weighted by molar-refractivity contribution is 5.70. The molecule has 2 unspecified atom stereocenters. The number of carbonyl (C=O) groups is 1. The Balaban J connectivity index is 1.59. The smallest absolute Gasteiger partial charge is 0.307 e. The summed E-state index contributed by atoms with van der Waals surface area (Å²) in [4.78, 5) is 13.2. The van der Waals surface area contributed by atoms with Crippen LogP contribution in [0.4, 0.5) is 0 Å². The van der Waals surface area contributed by atoms with Gasteiger partial charge in [0.1, 0.15) is 0 Å². The third kappa shape index (κ3) is 1.95. The van der Waals surface area contributed by atoms with Gasteiger partial charge in [-0.15, -0.1) is 0 Å². The van der Waals surface area contributed by atoms with Crippen LogP contribution >= 0.6 is 0 Å². The molecule has 3 heteroatoms. The highest BCUT2D eigenvalue weighted by Crippen LogP contribution is 2.36. The third-order valence-electron chi connectivity index (χ3n) is 4.06. The van der Waals surface area contributed by atoms with Crippen molar-refractivity contribution in [3.05, 3.63) is 35.4 Å². The maximum atomic E-state index is 10.9. The van der Waals surface area contributed by atoms with Gasteiger partial charge in [0, 0.05) is 19.0 Å². The predicted molar refractivity (Wildman–Crippen MR) is 65.1 cm³/mol. The summed E-state index contributed by atoms with van der Waals surface area (Å²) in [7, 11) is 0. The quantitative estimate of drug-likeness (QED) is 0.861. The topological polar surface area (TPSA) is 40.5 Å². The highest BCUT2D eigenvalue weighted by Gasteiger charge is 2.32. The van der Waals surface area contributed by atoms with Crippen molar-refractivity contribution in [2.45, 2.75) is 18.8 Å². The first kappa shape index (κ1) is 10.8. The predicted octanol–water partition coefficient (Wildman–Crippen LogP) is 1.73. The largest absolute Gasteiger partial charge is 0.481 e. The van der Waals surface area contributed by atoms with Crippen molar-refractivity contribution in [1.82, 2.24) is 4.90 Å². The number of aliphatic carboxylic acids is 1. The zero-order valence-corrected chi connectivity index (χ0v) is 9.80. The lowest BCUT2D eigenvalue weighted by molar-refractivity contribution is -0.141. The maximum absolute atomic E-state index is 10.9. The van der Waals surface area contributed by atoms with Crippen molar-refractivity contribution in [2.24, 2.45) is 5.92 Å². The number of hydrogen-bond acceptors (Lipinski definition) is 2. The molecule has 1 fully saturated rings. The van der Waals surface area contributed by atoms with Crippen LogP contribution in [0.25, 0.3) is 0 Å². The number of nitrogens with zero attached hydrogens (tertiary/aromatic N) is 1. The fraction of sp³-hybridized carbons (Fsp3) is 0.500. The van der Waals surface area contributed by atoms with E-state index in [-0.39, 0.29) is 5.92 Å². The standard InChI is InChI=1S/C14H17NO2/c16-14(17)11-5-6-15(8-11)9-12-7-10-3-1-2-4-13(10)12/h1-4,11-12H,5-9H2,(H,16,17). The van der Waals surface area contributed by atoms with E-state index in [0.29, 0.717) is 5.92 Å². The van der Waals surface area contributed by atoms with E-state index >= 15 is 0 Å². The van der Waals surface area contributed by atoms with Crippen LogP contribution in [0, 0.1) is 5.92 Å². The van der Waals surface area contributed by atoms with E-state index in [9.17, 15) is 4.79 Å². The van der Waals surface area contributed by atoms with Crippen molar-refractivity contribution in [3.8, 4) is 0 Å². The summed E-state index contributed by atoms with van der Waals surface area (Å²) in [5, 5.41) is 8.97. The number of carboxylic acid groups (broad SMARTS) is 1. The van der Waals surface area contributed by atoms with Gasteiger partial charge in [-0.1, -0.05) is 24.3 Å². The van der Waals surface area contributed by atoms with E-state index in [0.717, 1.165) is 32.5 Å². The van der Waals surface area contributed by atoms with Crippen molar-refractivity contribution in [3.63, 3.8) is 0 Å². The molecule has 0 bridgehead atoms. The van der Waals surface area contributed by atoms with E-state index in [1.807, 2.05) is 0 Å². The molecule has 0 radical (unpaired) electrons. The van der Waals surface area contributed by atoms with Crippen molar-refractivity contribution in [1.29, 1.82) is 0 Å². The lowest BCUT2D eigenvalue weighted by Gasteiger charge is -2.33. The molecule has 0 aromatic heterocycles. The van der Waals surface area contributed by atoms with Gasteiger partial charge >= 0.3 is 5.97 Å². The van der Waals surface area contributed by atoms with Gasteiger partial charge in [-0.2, -0.15) is 0 Å². The molecule has 1 saturated heterocycles. The number of rotatable bonds is 3. The lowest BCUT2D eigenvalue weighted by atomic mass is 9.77. The van der Waals surface area contributed by atoms with Crippen LogP contribution in [-0.4, -0.2) is 35.6 Å². The molecule has 3 nitrogen and oxygen atoms in total.